The first-order valence-electron chi connectivity index (χ1n) is 9.11. The Morgan fingerprint density at radius 2 is 1.77 bits per heavy atom. The maximum absolute atomic E-state index is 12.8. The molecule has 4 nitrogen and oxygen atoms in total. The van der Waals surface area contributed by atoms with E-state index in [2.05, 4.69) is 38.5 Å². The molecule has 1 aliphatic heterocycles. The summed E-state index contributed by atoms with van der Waals surface area (Å²) in [5.74, 6) is 0.389. The molecule has 3 aromatic rings. The van der Waals surface area contributed by atoms with Crippen molar-refractivity contribution in [2.24, 2.45) is 0 Å². The van der Waals surface area contributed by atoms with Gasteiger partial charge in [0.15, 0.2) is 0 Å². The van der Waals surface area contributed by atoms with Crippen LogP contribution in [-0.4, -0.2) is 11.1 Å². The second kappa shape index (κ2) is 9.77. The molecule has 0 bridgehead atoms. The van der Waals surface area contributed by atoms with Crippen molar-refractivity contribution in [2.75, 3.05) is 4.90 Å². The lowest BCUT2D eigenvalue weighted by molar-refractivity contribution is -0.113. The fourth-order valence-electron chi connectivity index (χ4n) is 2.96. The quantitative estimate of drug-likeness (QED) is 0.217. The zero-order valence-electron chi connectivity index (χ0n) is 15.8. The molecule has 1 heterocycles. The van der Waals surface area contributed by atoms with E-state index in [-0.39, 0.29) is 11.1 Å². The van der Waals surface area contributed by atoms with Crippen molar-refractivity contribution in [3.8, 4) is 5.75 Å². The molecular formula is C23H14BrClINO3S. The average Bonchev–Trinajstić information content (AvgIpc) is 3.02. The topological polar surface area (TPSA) is 46.6 Å². The Kier molecular flexibility index (Phi) is 7.05. The first-order chi connectivity index (χ1) is 14.9. The number of imide groups is 1. The number of carbonyl (C=O) groups is 2. The highest BCUT2D eigenvalue weighted by Gasteiger charge is 2.36. The number of para-hydroxylation sites is 1. The molecule has 0 unspecified atom stereocenters. The van der Waals surface area contributed by atoms with Gasteiger partial charge in [-0.05, 0) is 104 Å². The second-order valence-electron chi connectivity index (χ2n) is 6.58. The normalized spacial score (nSPS) is 15.1. The Labute approximate surface area is 210 Å². The lowest BCUT2D eigenvalue weighted by Crippen LogP contribution is -2.27. The molecule has 1 aliphatic rings. The van der Waals surface area contributed by atoms with E-state index in [1.807, 2.05) is 42.5 Å². The number of rotatable bonds is 5. The fraction of sp³-hybridized carbons (Fsp3) is 0.0435. The van der Waals surface area contributed by atoms with Crippen LogP contribution in [0, 0.1) is 3.57 Å². The van der Waals surface area contributed by atoms with Crippen LogP contribution in [0.3, 0.4) is 0 Å². The summed E-state index contributed by atoms with van der Waals surface area (Å²) in [6, 6.07) is 20.2. The van der Waals surface area contributed by atoms with Crippen LogP contribution in [0.4, 0.5) is 10.5 Å². The summed E-state index contributed by atoms with van der Waals surface area (Å²) in [6.07, 6.45) is 1.73. The predicted molar refractivity (Wildman–Crippen MR) is 138 cm³/mol. The molecule has 2 amide bonds. The lowest BCUT2D eigenvalue weighted by Gasteiger charge is -2.12. The number of thioether (sulfide) groups is 1. The maximum atomic E-state index is 12.8. The minimum absolute atomic E-state index is 0.306. The Balaban J connectivity index is 1.54. The van der Waals surface area contributed by atoms with Gasteiger partial charge in [-0.2, -0.15) is 0 Å². The van der Waals surface area contributed by atoms with Gasteiger partial charge in [-0.15, -0.1) is 0 Å². The van der Waals surface area contributed by atoms with E-state index in [9.17, 15) is 9.59 Å². The van der Waals surface area contributed by atoms with Crippen LogP contribution < -0.4 is 9.64 Å². The molecule has 3 aromatic carbocycles. The number of hydrogen-bond donors (Lipinski definition) is 0. The van der Waals surface area contributed by atoms with Crippen molar-refractivity contribution in [1.82, 2.24) is 0 Å². The van der Waals surface area contributed by atoms with Crippen molar-refractivity contribution in [2.45, 2.75) is 6.61 Å². The van der Waals surface area contributed by atoms with E-state index in [0.29, 0.717) is 28.0 Å². The molecule has 0 aliphatic carbocycles. The van der Waals surface area contributed by atoms with Gasteiger partial charge < -0.3 is 4.74 Å². The Morgan fingerprint density at radius 1 is 1.06 bits per heavy atom. The molecule has 1 saturated heterocycles. The van der Waals surface area contributed by atoms with Gasteiger partial charge in [0.1, 0.15) is 12.4 Å². The molecule has 8 heteroatoms. The molecule has 0 saturated carbocycles. The number of hydrogen-bond acceptors (Lipinski definition) is 4. The van der Waals surface area contributed by atoms with Gasteiger partial charge in [0.05, 0.1) is 18.6 Å². The summed E-state index contributed by atoms with van der Waals surface area (Å²) in [7, 11) is 0. The Hall–Kier alpha value is -1.81. The molecule has 0 spiro atoms. The highest BCUT2D eigenvalue weighted by molar-refractivity contribution is 14.1. The first-order valence-corrected chi connectivity index (χ1v) is 12.2. The number of nitrogens with zero attached hydrogens (tertiary/aromatic N) is 1. The van der Waals surface area contributed by atoms with Crippen molar-refractivity contribution < 1.29 is 14.3 Å². The van der Waals surface area contributed by atoms with Gasteiger partial charge in [0.2, 0.25) is 0 Å². The predicted octanol–water partition coefficient (Wildman–Crippen LogP) is 7.53. The first kappa shape index (κ1) is 22.4. The highest BCUT2D eigenvalue weighted by Crippen LogP contribution is 2.38. The molecule has 0 N–H and O–H groups in total. The summed E-state index contributed by atoms with van der Waals surface area (Å²) in [5.41, 5.74) is 2.37. The molecule has 1 fully saturated rings. The second-order valence-corrected chi connectivity index (χ2v) is 10.0. The number of benzene rings is 3. The Morgan fingerprint density at radius 3 is 2.45 bits per heavy atom. The van der Waals surface area contributed by atoms with Crippen molar-refractivity contribution in [1.29, 1.82) is 0 Å². The van der Waals surface area contributed by atoms with Crippen LogP contribution in [0.1, 0.15) is 11.1 Å². The summed E-state index contributed by atoms with van der Waals surface area (Å²) < 4.78 is 7.63. The number of ether oxygens (including phenoxy) is 1. The molecule has 156 valence electrons. The zero-order chi connectivity index (χ0) is 22.0. The minimum Gasteiger partial charge on any atom is -0.487 e. The fourth-order valence-corrected chi connectivity index (χ4v) is 5.69. The number of amides is 2. The lowest BCUT2D eigenvalue weighted by atomic mass is 10.2. The van der Waals surface area contributed by atoms with Gasteiger partial charge in [0.25, 0.3) is 11.1 Å². The third-order valence-corrected chi connectivity index (χ3v) is 6.93. The van der Waals surface area contributed by atoms with Crippen LogP contribution in [0.25, 0.3) is 6.08 Å². The number of halogens is 3. The standard InChI is InChI=1S/C23H14BrClINO3S/c24-18-10-15(11-19(26)21(18)30-13-14-6-8-16(25)9-7-14)12-20-22(28)27(23(29)31-20)17-4-2-1-3-5-17/h1-12H,13H2/b20-12-. The van der Waals surface area contributed by atoms with E-state index < -0.39 is 0 Å². The smallest absolute Gasteiger partial charge is 0.298 e. The molecule has 0 aromatic heterocycles. The van der Waals surface area contributed by atoms with Gasteiger partial charge in [-0.3, -0.25) is 9.59 Å². The van der Waals surface area contributed by atoms with Crippen LogP contribution in [0.2, 0.25) is 5.02 Å². The van der Waals surface area contributed by atoms with E-state index in [1.54, 1.807) is 30.3 Å². The van der Waals surface area contributed by atoms with Gasteiger partial charge in [-0.1, -0.05) is 41.9 Å². The summed E-state index contributed by atoms with van der Waals surface area (Å²) in [5, 5.41) is 0.375. The van der Waals surface area contributed by atoms with E-state index in [4.69, 9.17) is 16.3 Å². The SMILES string of the molecule is O=C1S/C(=C\c2cc(Br)c(OCc3ccc(Cl)cc3)c(I)c2)C(=O)N1c1ccccc1. The molecule has 31 heavy (non-hydrogen) atoms. The average molecular weight is 627 g/mol. The summed E-state index contributed by atoms with van der Waals surface area (Å²) in [6.45, 7) is 0.404. The van der Waals surface area contributed by atoms with Crippen LogP contribution in [-0.2, 0) is 11.4 Å². The number of anilines is 1. The van der Waals surface area contributed by atoms with Gasteiger partial charge >= 0.3 is 0 Å². The molecule has 0 radical (unpaired) electrons. The van der Waals surface area contributed by atoms with Crippen molar-refractivity contribution in [3.05, 3.63) is 95.8 Å². The van der Waals surface area contributed by atoms with E-state index >= 15 is 0 Å². The van der Waals surface area contributed by atoms with Crippen LogP contribution in [0.5, 0.6) is 5.75 Å². The third-order valence-electron chi connectivity index (χ3n) is 4.42. The Bertz CT molecular complexity index is 1160. The maximum Gasteiger partial charge on any atom is 0.298 e. The van der Waals surface area contributed by atoms with Gasteiger partial charge in [0, 0.05) is 5.02 Å². The number of carbonyl (C=O) groups excluding carboxylic acids is 2. The van der Waals surface area contributed by atoms with Gasteiger partial charge in [-0.25, -0.2) is 4.90 Å². The van der Waals surface area contributed by atoms with Crippen LogP contribution >= 0.6 is 61.9 Å². The van der Waals surface area contributed by atoms with Crippen LogP contribution in [0.15, 0.2) is 76.1 Å². The van der Waals surface area contributed by atoms with Crippen molar-refractivity contribution in [3.63, 3.8) is 0 Å². The van der Waals surface area contributed by atoms with E-state index in [0.717, 1.165) is 30.9 Å². The van der Waals surface area contributed by atoms with E-state index in [1.165, 1.54) is 4.90 Å². The summed E-state index contributed by atoms with van der Waals surface area (Å²) >= 11 is 12.6. The molecular weight excluding hydrogens is 613 g/mol. The summed E-state index contributed by atoms with van der Waals surface area (Å²) in [4.78, 5) is 26.8. The largest absolute Gasteiger partial charge is 0.487 e. The molecule has 0 atom stereocenters. The third kappa shape index (κ3) is 5.16. The van der Waals surface area contributed by atoms with Crippen molar-refractivity contribution >= 4 is 84.8 Å². The highest BCUT2D eigenvalue weighted by atomic mass is 127. The zero-order valence-corrected chi connectivity index (χ0v) is 21.2. The minimum atomic E-state index is -0.324. The molecule has 4 rings (SSSR count). The monoisotopic (exact) mass is 625 g/mol.